The summed E-state index contributed by atoms with van der Waals surface area (Å²) >= 11 is 0. The predicted molar refractivity (Wildman–Crippen MR) is 85.6 cm³/mol. The lowest BCUT2D eigenvalue weighted by molar-refractivity contribution is 0.604. The molecule has 0 aliphatic rings. The molecule has 0 saturated heterocycles. The number of aromatic nitrogens is 1. The van der Waals surface area contributed by atoms with Gasteiger partial charge in [-0.3, -0.25) is 0 Å². The average molecular weight is 297 g/mol. The highest BCUT2D eigenvalue weighted by molar-refractivity contribution is 5.83. The normalized spacial score (nSPS) is 11.1. The number of halogens is 2. The van der Waals surface area contributed by atoms with Gasteiger partial charge in [-0.05, 0) is 49.2 Å². The molecule has 0 aliphatic heterocycles. The maximum Gasteiger partial charge on any atom is 0.123 e. The molecule has 0 atom stereocenters. The molecule has 0 radical (unpaired) electrons. The van der Waals surface area contributed by atoms with Crippen LogP contribution in [0.5, 0.6) is 0 Å². The van der Waals surface area contributed by atoms with E-state index in [1.165, 1.54) is 24.3 Å². The minimum Gasteiger partial charge on any atom is -0.351 e. The minimum atomic E-state index is -0.254. The second-order valence-electron chi connectivity index (χ2n) is 5.64. The van der Waals surface area contributed by atoms with Crippen LogP contribution in [-0.4, -0.2) is 4.57 Å². The lowest BCUT2D eigenvalue weighted by Gasteiger charge is -2.05. The summed E-state index contributed by atoms with van der Waals surface area (Å²) in [6.07, 6.45) is 4.10. The molecule has 0 N–H and O–H groups in total. The molecule has 3 heteroatoms. The number of hydrogen-bond acceptors (Lipinski definition) is 0. The zero-order valence-corrected chi connectivity index (χ0v) is 12.6. The minimum absolute atomic E-state index is 0.254. The van der Waals surface area contributed by atoms with Gasteiger partial charge >= 0.3 is 0 Å². The van der Waals surface area contributed by atoms with Gasteiger partial charge in [-0.15, -0.1) is 0 Å². The summed E-state index contributed by atoms with van der Waals surface area (Å²) in [4.78, 5) is 0. The van der Waals surface area contributed by atoms with E-state index < -0.39 is 0 Å². The first kappa shape index (κ1) is 14.5. The summed E-state index contributed by atoms with van der Waals surface area (Å²) in [6, 6.07) is 13.2. The molecule has 1 nitrogen and oxygen atoms in total. The van der Waals surface area contributed by atoms with Crippen LogP contribution in [0.3, 0.4) is 0 Å². The van der Waals surface area contributed by atoms with Gasteiger partial charge in [0.1, 0.15) is 11.6 Å². The van der Waals surface area contributed by atoms with Crippen molar-refractivity contribution in [3.63, 3.8) is 0 Å². The maximum absolute atomic E-state index is 13.2. The highest BCUT2D eigenvalue weighted by atomic mass is 19.1. The summed E-state index contributed by atoms with van der Waals surface area (Å²) in [5.74, 6) is -0.509. The highest BCUT2D eigenvalue weighted by Crippen LogP contribution is 2.34. The molecule has 1 aromatic heterocycles. The monoisotopic (exact) mass is 297 g/mol. The van der Waals surface area contributed by atoms with Crippen LogP contribution < -0.4 is 0 Å². The Hall–Kier alpha value is -2.42. The Bertz CT molecular complexity index is 705. The fourth-order valence-electron chi connectivity index (χ4n) is 2.49. The molecule has 0 amide bonds. The zero-order valence-electron chi connectivity index (χ0n) is 12.6. The van der Waals surface area contributed by atoms with E-state index in [9.17, 15) is 8.78 Å². The van der Waals surface area contributed by atoms with Crippen LogP contribution in [0.1, 0.15) is 19.9 Å². The van der Waals surface area contributed by atoms with Gasteiger partial charge in [0.15, 0.2) is 0 Å². The Labute approximate surface area is 128 Å². The maximum atomic E-state index is 13.2. The number of benzene rings is 2. The summed E-state index contributed by atoms with van der Waals surface area (Å²) < 4.78 is 28.4. The molecule has 2 aromatic carbocycles. The topological polar surface area (TPSA) is 4.93 Å². The molecule has 0 saturated carbocycles. The van der Waals surface area contributed by atoms with Crippen LogP contribution in [0.4, 0.5) is 8.78 Å². The van der Waals surface area contributed by atoms with E-state index in [0.29, 0.717) is 6.04 Å². The molecule has 3 rings (SSSR count). The molecule has 0 aliphatic carbocycles. The van der Waals surface area contributed by atoms with Gasteiger partial charge in [-0.2, -0.15) is 0 Å². The van der Waals surface area contributed by atoms with Crippen molar-refractivity contribution in [1.82, 2.24) is 4.57 Å². The van der Waals surface area contributed by atoms with Gasteiger partial charge in [0.2, 0.25) is 0 Å². The second kappa shape index (κ2) is 5.76. The van der Waals surface area contributed by atoms with Gasteiger partial charge < -0.3 is 4.57 Å². The fraction of sp³-hybridized carbons (Fsp3) is 0.158. The van der Waals surface area contributed by atoms with Crippen LogP contribution in [0.2, 0.25) is 0 Å². The summed E-state index contributed by atoms with van der Waals surface area (Å²) in [6.45, 7) is 4.20. The van der Waals surface area contributed by atoms with Gasteiger partial charge in [0.25, 0.3) is 0 Å². The third-order valence-corrected chi connectivity index (χ3v) is 3.75. The smallest absolute Gasteiger partial charge is 0.123 e. The van der Waals surface area contributed by atoms with E-state index in [1.54, 1.807) is 24.3 Å². The van der Waals surface area contributed by atoms with Gasteiger partial charge in [-0.25, -0.2) is 8.78 Å². The van der Waals surface area contributed by atoms with Crippen molar-refractivity contribution in [2.24, 2.45) is 0 Å². The lowest BCUT2D eigenvalue weighted by atomic mass is 9.99. The fourth-order valence-corrected chi connectivity index (χ4v) is 2.49. The van der Waals surface area contributed by atoms with Crippen molar-refractivity contribution in [2.45, 2.75) is 19.9 Å². The van der Waals surface area contributed by atoms with E-state index >= 15 is 0 Å². The van der Waals surface area contributed by atoms with Gasteiger partial charge in [0, 0.05) is 29.6 Å². The molecule has 1 heterocycles. The summed E-state index contributed by atoms with van der Waals surface area (Å²) in [5.41, 5.74) is 3.92. The standard InChI is InChI=1S/C19H17F2N/c1-13(2)22-11-18(14-3-7-16(20)8-4-14)19(12-22)15-5-9-17(21)10-6-15/h3-13H,1-2H3. The van der Waals surface area contributed by atoms with E-state index in [4.69, 9.17) is 0 Å². The largest absolute Gasteiger partial charge is 0.351 e. The SMILES string of the molecule is CC(C)n1cc(-c2ccc(F)cc2)c(-c2ccc(F)cc2)c1. The highest BCUT2D eigenvalue weighted by Gasteiger charge is 2.12. The van der Waals surface area contributed by atoms with E-state index in [0.717, 1.165) is 22.3 Å². The Morgan fingerprint density at radius 3 is 1.36 bits per heavy atom. The van der Waals surface area contributed by atoms with Crippen molar-refractivity contribution in [3.8, 4) is 22.3 Å². The molecular weight excluding hydrogens is 280 g/mol. The van der Waals surface area contributed by atoms with Crippen molar-refractivity contribution < 1.29 is 8.78 Å². The third-order valence-electron chi connectivity index (χ3n) is 3.75. The Morgan fingerprint density at radius 2 is 1.05 bits per heavy atom. The third kappa shape index (κ3) is 2.80. The summed E-state index contributed by atoms with van der Waals surface area (Å²) in [7, 11) is 0. The quantitative estimate of drug-likeness (QED) is 0.586. The Morgan fingerprint density at radius 1 is 0.682 bits per heavy atom. The molecular formula is C19H17F2N. The summed E-state index contributed by atoms with van der Waals surface area (Å²) in [5, 5.41) is 0. The molecule has 0 bridgehead atoms. The molecule has 3 aromatic rings. The van der Waals surface area contributed by atoms with Crippen molar-refractivity contribution in [2.75, 3.05) is 0 Å². The first-order chi connectivity index (χ1) is 10.5. The van der Waals surface area contributed by atoms with Crippen LogP contribution in [0, 0.1) is 11.6 Å². The molecule has 0 fully saturated rings. The Balaban J connectivity index is 2.15. The van der Waals surface area contributed by atoms with Crippen LogP contribution in [0.25, 0.3) is 22.3 Å². The molecule has 112 valence electrons. The van der Waals surface area contributed by atoms with Crippen molar-refractivity contribution >= 4 is 0 Å². The van der Waals surface area contributed by atoms with Crippen LogP contribution in [-0.2, 0) is 0 Å². The first-order valence-corrected chi connectivity index (χ1v) is 7.28. The molecule has 0 spiro atoms. The average Bonchev–Trinajstić information content (AvgIpc) is 2.94. The predicted octanol–water partition coefficient (Wildman–Crippen LogP) is 5.68. The number of rotatable bonds is 3. The van der Waals surface area contributed by atoms with Gasteiger partial charge in [0.05, 0.1) is 0 Å². The zero-order chi connectivity index (χ0) is 15.7. The second-order valence-corrected chi connectivity index (χ2v) is 5.64. The first-order valence-electron chi connectivity index (χ1n) is 7.28. The van der Waals surface area contributed by atoms with Crippen molar-refractivity contribution in [3.05, 3.63) is 72.6 Å². The van der Waals surface area contributed by atoms with Crippen LogP contribution >= 0.6 is 0 Å². The molecule has 0 unspecified atom stereocenters. The van der Waals surface area contributed by atoms with Gasteiger partial charge in [-0.1, -0.05) is 24.3 Å². The molecule has 22 heavy (non-hydrogen) atoms. The van der Waals surface area contributed by atoms with Crippen molar-refractivity contribution in [1.29, 1.82) is 0 Å². The number of nitrogens with zero attached hydrogens (tertiary/aromatic N) is 1. The Kier molecular flexibility index (Phi) is 3.80. The number of hydrogen-bond donors (Lipinski definition) is 0. The lowest BCUT2D eigenvalue weighted by Crippen LogP contribution is -1.95. The van der Waals surface area contributed by atoms with E-state index in [-0.39, 0.29) is 11.6 Å². The van der Waals surface area contributed by atoms with Crippen LogP contribution in [0.15, 0.2) is 60.9 Å². The van der Waals surface area contributed by atoms with E-state index in [1.807, 2.05) is 0 Å². The van der Waals surface area contributed by atoms with E-state index in [2.05, 4.69) is 30.8 Å².